The van der Waals surface area contributed by atoms with Crippen LogP contribution >= 0.6 is 0 Å². The van der Waals surface area contributed by atoms with Crippen LogP contribution in [0.15, 0.2) is 30.5 Å². The first-order valence-electron chi connectivity index (χ1n) is 7.80. The maximum Gasteiger partial charge on any atom is 0.220 e. The highest BCUT2D eigenvalue weighted by molar-refractivity contribution is 5.66. The lowest BCUT2D eigenvalue weighted by molar-refractivity contribution is 0.140. The average molecular weight is 316 g/mol. The van der Waals surface area contributed by atoms with Crippen molar-refractivity contribution in [2.24, 2.45) is 0 Å². The standard InChI is InChI=1S/C17H21FN4O/c1-23-10-9-22-8-2-3-15(22)16-14(11-20-17(19)21-16)12-4-6-13(18)7-5-12/h4-7,11,15H,2-3,8-10H2,1H3,(H2,19,20,21). The number of hydrogen-bond donors (Lipinski definition) is 1. The van der Waals surface area contributed by atoms with Crippen molar-refractivity contribution in [1.82, 2.24) is 14.9 Å². The number of benzene rings is 1. The summed E-state index contributed by atoms with van der Waals surface area (Å²) in [5.41, 5.74) is 8.55. The molecule has 0 aliphatic carbocycles. The number of halogens is 1. The fraction of sp³-hybridized carbons (Fsp3) is 0.412. The molecule has 0 radical (unpaired) electrons. The number of nitrogens with zero attached hydrogens (tertiary/aromatic N) is 3. The molecule has 3 rings (SSSR count). The van der Waals surface area contributed by atoms with Gasteiger partial charge in [-0.25, -0.2) is 14.4 Å². The first-order chi connectivity index (χ1) is 11.2. The summed E-state index contributed by atoms with van der Waals surface area (Å²) in [6, 6.07) is 6.60. The molecule has 1 aliphatic rings. The van der Waals surface area contributed by atoms with Gasteiger partial charge in [-0.15, -0.1) is 0 Å². The molecule has 5 nitrogen and oxygen atoms in total. The third-order valence-electron chi connectivity index (χ3n) is 4.25. The van der Waals surface area contributed by atoms with E-state index in [1.165, 1.54) is 12.1 Å². The van der Waals surface area contributed by atoms with Crippen LogP contribution in [0.5, 0.6) is 0 Å². The molecular formula is C17H21FN4O. The number of hydrogen-bond acceptors (Lipinski definition) is 5. The molecule has 1 fully saturated rings. The number of rotatable bonds is 5. The molecule has 0 saturated carbocycles. The van der Waals surface area contributed by atoms with E-state index in [1.807, 2.05) is 0 Å². The van der Waals surface area contributed by atoms with Gasteiger partial charge < -0.3 is 10.5 Å². The van der Waals surface area contributed by atoms with Gasteiger partial charge >= 0.3 is 0 Å². The zero-order valence-corrected chi connectivity index (χ0v) is 13.2. The Labute approximate surface area is 135 Å². The Morgan fingerprint density at radius 1 is 1.35 bits per heavy atom. The summed E-state index contributed by atoms with van der Waals surface area (Å²) < 4.78 is 18.4. The van der Waals surface area contributed by atoms with Crippen molar-refractivity contribution in [1.29, 1.82) is 0 Å². The Bertz CT molecular complexity index is 662. The van der Waals surface area contributed by atoms with Crippen LogP contribution in [0, 0.1) is 5.82 Å². The van der Waals surface area contributed by atoms with Crippen molar-refractivity contribution in [2.45, 2.75) is 18.9 Å². The molecule has 6 heteroatoms. The van der Waals surface area contributed by atoms with Crippen molar-refractivity contribution < 1.29 is 9.13 Å². The SMILES string of the molecule is COCCN1CCCC1c1nc(N)ncc1-c1ccc(F)cc1. The number of ether oxygens (including phenoxy) is 1. The summed E-state index contributed by atoms with van der Waals surface area (Å²) in [5, 5.41) is 0. The topological polar surface area (TPSA) is 64.3 Å². The number of aromatic nitrogens is 2. The molecule has 2 N–H and O–H groups in total. The molecule has 0 amide bonds. The van der Waals surface area contributed by atoms with Gasteiger partial charge in [0.15, 0.2) is 0 Å². The molecule has 1 saturated heterocycles. The van der Waals surface area contributed by atoms with Gasteiger partial charge in [0.05, 0.1) is 18.3 Å². The van der Waals surface area contributed by atoms with Crippen LogP contribution in [0.1, 0.15) is 24.6 Å². The maximum atomic E-state index is 13.2. The van der Waals surface area contributed by atoms with Gasteiger partial charge in [0.2, 0.25) is 5.95 Å². The summed E-state index contributed by atoms with van der Waals surface area (Å²) >= 11 is 0. The van der Waals surface area contributed by atoms with Crippen LogP contribution in [-0.4, -0.2) is 41.7 Å². The molecule has 0 spiro atoms. The lowest BCUT2D eigenvalue weighted by atomic mass is 10.00. The lowest BCUT2D eigenvalue weighted by Crippen LogP contribution is -2.28. The summed E-state index contributed by atoms with van der Waals surface area (Å²) in [5.74, 6) is 0.0127. The Kier molecular flexibility index (Phi) is 4.83. The molecular weight excluding hydrogens is 295 g/mol. The van der Waals surface area contributed by atoms with E-state index in [9.17, 15) is 4.39 Å². The van der Waals surface area contributed by atoms with Gasteiger partial charge in [0, 0.05) is 25.4 Å². The summed E-state index contributed by atoms with van der Waals surface area (Å²) in [7, 11) is 1.71. The number of nitrogen functional groups attached to an aromatic ring is 1. The highest BCUT2D eigenvalue weighted by Gasteiger charge is 2.29. The highest BCUT2D eigenvalue weighted by atomic mass is 19.1. The van der Waals surface area contributed by atoms with Gasteiger partial charge in [-0.1, -0.05) is 12.1 Å². The van der Waals surface area contributed by atoms with E-state index in [0.717, 1.165) is 42.8 Å². The highest BCUT2D eigenvalue weighted by Crippen LogP contribution is 2.36. The second-order valence-corrected chi connectivity index (χ2v) is 5.72. The van der Waals surface area contributed by atoms with E-state index < -0.39 is 0 Å². The molecule has 2 heterocycles. The predicted molar refractivity (Wildman–Crippen MR) is 87.3 cm³/mol. The Hall–Kier alpha value is -2.05. The van der Waals surface area contributed by atoms with E-state index in [4.69, 9.17) is 10.5 Å². The van der Waals surface area contributed by atoms with E-state index in [0.29, 0.717) is 6.61 Å². The van der Waals surface area contributed by atoms with Crippen molar-refractivity contribution >= 4 is 5.95 Å². The second-order valence-electron chi connectivity index (χ2n) is 5.72. The quantitative estimate of drug-likeness (QED) is 0.918. The molecule has 23 heavy (non-hydrogen) atoms. The van der Waals surface area contributed by atoms with E-state index in [1.54, 1.807) is 25.4 Å². The van der Waals surface area contributed by atoms with E-state index in [2.05, 4.69) is 14.9 Å². The van der Waals surface area contributed by atoms with Crippen molar-refractivity contribution in [3.05, 3.63) is 42.0 Å². The minimum Gasteiger partial charge on any atom is -0.383 e. The Morgan fingerprint density at radius 3 is 2.87 bits per heavy atom. The van der Waals surface area contributed by atoms with Crippen LogP contribution in [0.4, 0.5) is 10.3 Å². The Balaban J connectivity index is 1.97. The average Bonchev–Trinajstić information content (AvgIpc) is 3.02. The summed E-state index contributed by atoms with van der Waals surface area (Å²) in [6.07, 6.45) is 3.87. The van der Waals surface area contributed by atoms with Gasteiger partial charge in [0.25, 0.3) is 0 Å². The molecule has 1 unspecified atom stereocenters. The van der Waals surface area contributed by atoms with Gasteiger partial charge in [0.1, 0.15) is 5.82 Å². The lowest BCUT2D eigenvalue weighted by Gasteiger charge is -2.25. The number of methoxy groups -OCH3 is 1. The summed E-state index contributed by atoms with van der Waals surface area (Å²) in [4.78, 5) is 11.0. The molecule has 1 aromatic carbocycles. The first kappa shape index (κ1) is 15.8. The zero-order valence-electron chi connectivity index (χ0n) is 13.2. The molecule has 1 atom stereocenters. The largest absolute Gasteiger partial charge is 0.383 e. The fourth-order valence-corrected chi connectivity index (χ4v) is 3.13. The zero-order chi connectivity index (χ0) is 16.2. The monoisotopic (exact) mass is 316 g/mol. The van der Waals surface area contributed by atoms with Gasteiger partial charge in [-0.3, -0.25) is 4.90 Å². The predicted octanol–water partition coefficient (Wildman–Crippen LogP) is 2.65. The second kappa shape index (κ2) is 7.02. The number of likely N-dealkylation sites (tertiary alicyclic amines) is 1. The Morgan fingerprint density at radius 2 is 2.13 bits per heavy atom. The minimum absolute atomic E-state index is 0.190. The number of anilines is 1. The van der Waals surface area contributed by atoms with Crippen LogP contribution < -0.4 is 5.73 Å². The fourth-order valence-electron chi connectivity index (χ4n) is 3.13. The first-order valence-corrected chi connectivity index (χ1v) is 7.80. The number of nitrogens with two attached hydrogens (primary N) is 1. The third kappa shape index (κ3) is 3.48. The molecule has 1 aliphatic heterocycles. The van der Waals surface area contributed by atoms with Gasteiger partial charge in [-0.2, -0.15) is 0 Å². The smallest absolute Gasteiger partial charge is 0.220 e. The van der Waals surface area contributed by atoms with Crippen molar-refractivity contribution in [2.75, 3.05) is 32.5 Å². The third-order valence-corrected chi connectivity index (χ3v) is 4.25. The van der Waals surface area contributed by atoms with E-state index in [-0.39, 0.29) is 17.8 Å². The minimum atomic E-state index is -0.255. The van der Waals surface area contributed by atoms with Crippen LogP contribution in [0.25, 0.3) is 11.1 Å². The van der Waals surface area contributed by atoms with E-state index >= 15 is 0 Å². The molecule has 122 valence electrons. The van der Waals surface area contributed by atoms with Crippen LogP contribution in [-0.2, 0) is 4.74 Å². The van der Waals surface area contributed by atoms with Gasteiger partial charge in [-0.05, 0) is 37.1 Å². The van der Waals surface area contributed by atoms with Crippen LogP contribution in [0.2, 0.25) is 0 Å². The molecule has 0 bridgehead atoms. The maximum absolute atomic E-state index is 13.2. The van der Waals surface area contributed by atoms with Crippen molar-refractivity contribution in [3.63, 3.8) is 0 Å². The van der Waals surface area contributed by atoms with Crippen molar-refractivity contribution in [3.8, 4) is 11.1 Å². The molecule has 1 aromatic heterocycles. The summed E-state index contributed by atoms with van der Waals surface area (Å²) in [6.45, 7) is 2.55. The molecule has 2 aromatic rings. The normalized spacial score (nSPS) is 18.4. The van der Waals surface area contributed by atoms with Crippen LogP contribution in [0.3, 0.4) is 0 Å².